The second kappa shape index (κ2) is 9.22. The summed E-state index contributed by atoms with van der Waals surface area (Å²) < 4.78 is 5.90. The zero-order valence-electron chi connectivity index (χ0n) is 19.5. The third kappa shape index (κ3) is 4.73. The van der Waals surface area contributed by atoms with Gasteiger partial charge in [-0.05, 0) is 87.6 Å². The Hall–Kier alpha value is -2.18. The Kier molecular flexibility index (Phi) is 5.97. The average molecular weight is 449 g/mol. The van der Waals surface area contributed by atoms with Crippen LogP contribution >= 0.6 is 0 Å². The summed E-state index contributed by atoms with van der Waals surface area (Å²) in [5, 5.41) is 7.49. The lowest BCUT2D eigenvalue weighted by Crippen LogP contribution is -2.46. The largest absolute Gasteiger partial charge is 0.376 e. The summed E-state index contributed by atoms with van der Waals surface area (Å²) in [7, 11) is 0. The van der Waals surface area contributed by atoms with Crippen LogP contribution in [0.1, 0.15) is 71.8 Å². The molecule has 2 aliphatic carbocycles. The molecule has 1 N–H and O–H groups in total. The first-order valence-corrected chi connectivity index (χ1v) is 13.0. The molecule has 2 aromatic rings. The number of aromatic nitrogens is 2. The van der Waals surface area contributed by atoms with Gasteiger partial charge in [0, 0.05) is 37.4 Å². The van der Waals surface area contributed by atoms with Gasteiger partial charge < -0.3 is 9.64 Å². The number of benzene rings is 1. The number of amides is 1. The summed E-state index contributed by atoms with van der Waals surface area (Å²) in [6.45, 7) is 4.62. The second-order valence-electron chi connectivity index (χ2n) is 10.6. The Morgan fingerprint density at radius 1 is 1.06 bits per heavy atom. The lowest BCUT2D eigenvalue weighted by Gasteiger charge is -2.38. The van der Waals surface area contributed by atoms with Crippen molar-refractivity contribution < 1.29 is 9.53 Å². The van der Waals surface area contributed by atoms with E-state index in [0.717, 1.165) is 57.6 Å². The number of carbonyl (C=O) groups is 1. The number of nitrogens with zero attached hydrogens (tertiary/aromatic N) is 3. The summed E-state index contributed by atoms with van der Waals surface area (Å²) in [4.78, 5) is 18.2. The number of ether oxygens (including phenoxy) is 1. The summed E-state index contributed by atoms with van der Waals surface area (Å²) in [5.41, 5.74) is 4.77. The number of H-pyrrole nitrogens is 1. The Labute approximate surface area is 196 Å². The summed E-state index contributed by atoms with van der Waals surface area (Å²) in [6.07, 6.45) is 9.45. The van der Waals surface area contributed by atoms with Crippen LogP contribution in [0.3, 0.4) is 0 Å². The lowest BCUT2D eigenvalue weighted by atomic mass is 9.94. The smallest absolute Gasteiger partial charge is 0.274 e. The molecule has 0 unspecified atom stereocenters. The zero-order valence-corrected chi connectivity index (χ0v) is 19.5. The molecule has 6 nitrogen and oxygen atoms in total. The molecule has 0 bridgehead atoms. The highest BCUT2D eigenvalue weighted by Gasteiger charge is 2.33. The highest BCUT2D eigenvalue weighted by molar-refractivity contribution is 5.92. The first-order chi connectivity index (χ1) is 16.2. The van der Waals surface area contributed by atoms with Gasteiger partial charge in [-0.2, -0.15) is 5.10 Å². The highest BCUT2D eigenvalue weighted by Crippen LogP contribution is 2.39. The number of carbonyl (C=O) groups excluding carboxylic acids is 1. The number of hydrogen-bond acceptors (Lipinski definition) is 4. The first-order valence-electron chi connectivity index (χ1n) is 13.0. The Morgan fingerprint density at radius 2 is 1.82 bits per heavy atom. The maximum absolute atomic E-state index is 13.4. The van der Waals surface area contributed by atoms with Crippen molar-refractivity contribution in [1.82, 2.24) is 20.0 Å². The van der Waals surface area contributed by atoms with Crippen molar-refractivity contribution in [2.45, 2.75) is 69.4 Å². The van der Waals surface area contributed by atoms with E-state index in [1.165, 1.54) is 36.8 Å². The van der Waals surface area contributed by atoms with Crippen molar-refractivity contribution in [3.63, 3.8) is 0 Å². The van der Waals surface area contributed by atoms with Crippen LogP contribution in [0.5, 0.6) is 0 Å². The van der Waals surface area contributed by atoms with E-state index >= 15 is 0 Å². The standard InChI is InChI=1S/C27H36N4O2/c32-27(26-16-25(28-29-26)20-7-8-20)31(18-24-6-3-13-33-24)17-19-9-11-30(12-10-19)23-14-21-4-1-2-5-22(21)15-23/h1-2,4-5,16,19-20,23-24H,3,6-15,17-18H2,(H,28,29)/t24-/m0/s1. The van der Waals surface area contributed by atoms with Gasteiger partial charge in [-0.25, -0.2) is 0 Å². The van der Waals surface area contributed by atoms with E-state index in [1.807, 2.05) is 6.07 Å². The van der Waals surface area contributed by atoms with E-state index in [0.29, 0.717) is 30.1 Å². The van der Waals surface area contributed by atoms with Gasteiger partial charge in [-0.15, -0.1) is 0 Å². The quantitative estimate of drug-likeness (QED) is 0.700. The fourth-order valence-corrected chi connectivity index (χ4v) is 6.09. The molecule has 1 amide bonds. The van der Waals surface area contributed by atoms with Crippen molar-refractivity contribution in [2.75, 3.05) is 32.8 Å². The zero-order chi connectivity index (χ0) is 22.2. The van der Waals surface area contributed by atoms with E-state index in [4.69, 9.17) is 4.74 Å². The molecule has 6 rings (SSSR count). The highest BCUT2D eigenvalue weighted by atomic mass is 16.5. The van der Waals surface area contributed by atoms with Gasteiger partial charge in [0.05, 0.1) is 6.10 Å². The number of likely N-dealkylation sites (tertiary alicyclic amines) is 1. The molecule has 0 spiro atoms. The van der Waals surface area contributed by atoms with Gasteiger partial charge in [0.25, 0.3) is 5.91 Å². The SMILES string of the molecule is O=C(c1cc(C2CC2)[nH]n1)N(CC1CCN(C2Cc3ccccc3C2)CC1)C[C@@H]1CCCO1. The molecule has 1 atom stereocenters. The summed E-state index contributed by atoms with van der Waals surface area (Å²) in [6, 6.07) is 11.6. The van der Waals surface area contributed by atoms with E-state index in [9.17, 15) is 4.79 Å². The third-order valence-electron chi connectivity index (χ3n) is 8.24. The van der Waals surface area contributed by atoms with Crippen LogP contribution in [0.15, 0.2) is 30.3 Å². The minimum absolute atomic E-state index is 0.0716. The van der Waals surface area contributed by atoms with E-state index in [2.05, 4.69) is 44.3 Å². The molecule has 6 heteroatoms. The molecule has 1 aromatic carbocycles. The van der Waals surface area contributed by atoms with Crippen LogP contribution in [0, 0.1) is 5.92 Å². The van der Waals surface area contributed by atoms with Crippen molar-refractivity contribution in [3.05, 3.63) is 52.8 Å². The van der Waals surface area contributed by atoms with Crippen LogP contribution in [-0.4, -0.2) is 70.8 Å². The summed E-state index contributed by atoms with van der Waals surface area (Å²) in [5.74, 6) is 1.20. The number of aromatic amines is 1. The molecule has 4 aliphatic rings. The van der Waals surface area contributed by atoms with Gasteiger partial charge in [0.2, 0.25) is 0 Å². The van der Waals surface area contributed by atoms with Crippen molar-refractivity contribution in [2.24, 2.45) is 5.92 Å². The van der Waals surface area contributed by atoms with Crippen molar-refractivity contribution in [3.8, 4) is 0 Å². The topological polar surface area (TPSA) is 61.5 Å². The number of piperidine rings is 1. The van der Waals surface area contributed by atoms with Gasteiger partial charge in [-0.3, -0.25) is 14.8 Å². The molecule has 1 saturated carbocycles. The van der Waals surface area contributed by atoms with E-state index in [1.54, 1.807) is 0 Å². The number of rotatable bonds is 7. The predicted octanol–water partition coefficient (Wildman–Crippen LogP) is 3.79. The van der Waals surface area contributed by atoms with Crippen molar-refractivity contribution in [1.29, 1.82) is 0 Å². The van der Waals surface area contributed by atoms with Gasteiger partial charge >= 0.3 is 0 Å². The van der Waals surface area contributed by atoms with E-state index < -0.39 is 0 Å². The minimum Gasteiger partial charge on any atom is -0.376 e. The molecule has 1 aromatic heterocycles. The minimum atomic E-state index is 0.0716. The van der Waals surface area contributed by atoms with Gasteiger partial charge in [-0.1, -0.05) is 24.3 Å². The Balaban J connectivity index is 1.07. The maximum atomic E-state index is 13.4. The molecular weight excluding hydrogens is 412 g/mol. The van der Waals surface area contributed by atoms with Crippen molar-refractivity contribution >= 4 is 5.91 Å². The van der Waals surface area contributed by atoms with Crippen LogP contribution in [-0.2, 0) is 17.6 Å². The monoisotopic (exact) mass is 448 g/mol. The first kappa shape index (κ1) is 21.4. The number of fused-ring (bicyclic) bond motifs is 1. The fraction of sp³-hybridized carbons (Fsp3) is 0.630. The average Bonchev–Trinajstić information content (AvgIpc) is 3.22. The molecule has 176 valence electrons. The second-order valence-corrected chi connectivity index (χ2v) is 10.6. The molecule has 0 radical (unpaired) electrons. The molecule has 3 heterocycles. The third-order valence-corrected chi connectivity index (χ3v) is 8.24. The number of nitrogens with one attached hydrogen (secondary N) is 1. The summed E-state index contributed by atoms with van der Waals surface area (Å²) >= 11 is 0. The van der Waals surface area contributed by atoms with Crippen LogP contribution in [0.2, 0.25) is 0 Å². The number of hydrogen-bond donors (Lipinski definition) is 1. The van der Waals surface area contributed by atoms with Gasteiger partial charge in [0.1, 0.15) is 5.69 Å². The fourth-order valence-electron chi connectivity index (χ4n) is 6.09. The van der Waals surface area contributed by atoms with Crippen LogP contribution in [0.25, 0.3) is 0 Å². The van der Waals surface area contributed by atoms with Crippen LogP contribution < -0.4 is 0 Å². The van der Waals surface area contributed by atoms with Gasteiger partial charge in [0.15, 0.2) is 0 Å². The van der Waals surface area contributed by atoms with Crippen LogP contribution in [0.4, 0.5) is 0 Å². The Morgan fingerprint density at radius 3 is 2.48 bits per heavy atom. The molecule has 2 aliphatic heterocycles. The predicted molar refractivity (Wildman–Crippen MR) is 127 cm³/mol. The normalized spacial score (nSPS) is 24.3. The van der Waals surface area contributed by atoms with E-state index in [-0.39, 0.29) is 12.0 Å². The molecule has 3 fully saturated rings. The lowest BCUT2D eigenvalue weighted by molar-refractivity contribution is 0.0426. The molecular formula is C27H36N4O2. The Bertz CT molecular complexity index is 945. The molecule has 2 saturated heterocycles. The maximum Gasteiger partial charge on any atom is 0.274 e. The molecule has 33 heavy (non-hydrogen) atoms.